The van der Waals surface area contributed by atoms with Crippen LogP contribution in [0.3, 0.4) is 0 Å². The summed E-state index contributed by atoms with van der Waals surface area (Å²) in [7, 11) is 0. The molecule has 94 valence electrons. The van der Waals surface area contributed by atoms with E-state index in [0.717, 1.165) is 38.5 Å². The zero-order valence-electron chi connectivity index (χ0n) is 10.8. The molecule has 1 atom stereocenters. The molecule has 1 saturated carbocycles. The van der Waals surface area contributed by atoms with Gasteiger partial charge in [-0.2, -0.15) is 0 Å². The second-order valence-electron chi connectivity index (χ2n) is 5.57. The molecule has 1 aliphatic carbocycles. The summed E-state index contributed by atoms with van der Waals surface area (Å²) < 4.78 is 0. The Morgan fingerprint density at radius 3 is 2.12 bits per heavy atom. The molecule has 0 heterocycles. The number of carboxylic acids is 1. The molecule has 0 aromatic rings. The number of aliphatic carboxylic acids is 1. The molecule has 0 amide bonds. The third kappa shape index (κ3) is 3.50. The van der Waals surface area contributed by atoms with Gasteiger partial charge in [-0.05, 0) is 25.2 Å². The van der Waals surface area contributed by atoms with Crippen LogP contribution in [-0.2, 0) is 4.79 Å². The molecule has 0 saturated heterocycles. The van der Waals surface area contributed by atoms with Gasteiger partial charge >= 0.3 is 5.97 Å². The first-order valence-electron chi connectivity index (χ1n) is 6.84. The number of carbonyl (C=O) groups is 1. The first-order chi connectivity index (χ1) is 7.60. The van der Waals surface area contributed by atoms with Gasteiger partial charge in [-0.15, -0.1) is 0 Å². The predicted octanol–water partition coefficient (Wildman–Crippen LogP) is 4.24. The normalized spacial score (nSPS) is 23.1. The van der Waals surface area contributed by atoms with Gasteiger partial charge < -0.3 is 5.11 Å². The highest BCUT2D eigenvalue weighted by Crippen LogP contribution is 2.40. The molecule has 0 spiro atoms. The number of carboxylic acid groups (broad SMARTS) is 1. The summed E-state index contributed by atoms with van der Waals surface area (Å²) in [5.74, 6) is -0.00905. The average Bonchev–Trinajstić information content (AvgIpc) is 2.21. The second-order valence-corrected chi connectivity index (χ2v) is 5.57. The molecule has 1 N–H and O–H groups in total. The van der Waals surface area contributed by atoms with Crippen molar-refractivity contribution in [1.29, 1.82) is 0 Å². The van der Waals surface area contributed by atoms with Crippen LogP contribution in [0.2, 0.25) is 0 Å². The maximum absolute atomic E-state index is 11.6. The largest absolute Gasteiger partial charge is 0.481 e. The maximum atomic E-state index is 11.6. The number of rotatable bonds is 4. The Kier molecular flexibility index (Phi) is 5.30. The first-order valence-corrected chi connectivity index (χ1v) is 6.84. The van der Waals surface area contributed by atoms with Crippen LogP contribution in [0.4, 0.5) is 0 Å². The lowest BCUT2D eigenvalue weighted by atomic mass is 9.70. The van der Waals surface area contributed by atoms with Crippen LogP contribution in [0.1, 0.15) is 71.6 Å². The summed E-state index contributed by atoms with van der Waals surface area (Å²) in [6.45, 7) is 4.34. The topological polar surface area (TPSA) is 37.3 Å². The highest BCUT2D eigenvalue weighted by Gasteiger charge is 2.38. The standard InChI is InChI=1S/C14H26O2/c1-3-12(2)11-14(13(15)16)9-7-5-4-6-8-10-14/h12H,3-11H2,1-2H3,(H,15,16). The van der Waals surface area contributed by atoms with Gasteiger partial charge in [0.25, 0.3) is 0 Å². The molecule has 1 aliphatic rings. The van der Waals surface area contributed by atoms with E-state index in [2.05, 4.69) is 13.8 Å². The van der Waals surface area contributed by atoms with Crippen LogP contribution >= 0.6 is 0 Å². The summed E-state index contributed by atoms with van der Waals surface area (Å²) in [6.07, 6.45) is 9.68. The Morgan fingerprint density at radius 1 is 1.19 bits per heavy atom. The SMILES string of the molecule is CCC(C)CC1(C(=O)O)CCCCCCC1. The van der Waals surface area contributed by atoms with E-state index in [-0.39, 0.29) is 0 Å². The van der Waals surface area contributed by atoms with Crippen LogP contribution in [0.25, 0.3) is 0 Å². The van der Waals surface area contributed by atoms with Gasteiger partial charge in [0.1, 0.15) is 0 Å². The zero-order chi connectivity index (χ0) is 12.0. The molecule has 16 heavy (non-hydrogen) atoms. The molecule has 1 rings (SSSR count). The van der Waals surface area contributed by atoms with Gasteiger partial charge in [0.15, 0.2) is 0 Å². The molecule has 1 fully saturated rings. The lowest BCUT2D eigenvalue weighted by Crippen LogP contribution is -2.33. The summed E-state index contributed by atoms with van der Waals surface area (Å²) >= 11 is 0. The number of hydrogen-bond acceptors (Lipinski definition) is 1. The maximum Gasteiger partial charge on any atom is 0.309 e. The fourth-order valence-electron chi connectivity index (χ4n) is 2.90. The van der Waals surface area contributed by atoms with Crippen molar-refractivity contribution in [2.45, 2.75) is 71.6 Å². The summed E-state index contributed by atoms with van der Waals surface area (Å²) in [6, 6.07) is 0. The number of hydrogen-bond donors (Lipinski definition) is 1. The lowest BCUT2D eigenvalue weighted by Gasteiger charge is -2.33. The third-order valence-corrected chi connectivity index (χ3v) is 4.20. The molecule has 2 heteroatoms. The van der Waals surface area contributed by atoms with E-state index in [1.165, 1.54) is 19.3 Å². The Hall–Kier alpha value is -0.530. The molecule has 0 bridgehead atoms. The van der Waals surface area contributed by atoms with Gasteiger partial charge in [-0.3, -0.25) is 4.79 Å². The second kappa shape index (κ2) is 6.27. The van der Waals surface area contributed by atoms with Gasteiger partial charge in [0, 0.05) is 0 Å². The fraction of sp³-hybridized carbons (Fsp3) is 0.929. The van der Waals surface area contributed by atoms with Gasteiger partial charge in [0.05, 0.1) is 5.41 Å². The van der Waals surface area contributed by atoms with Gasteiger partial charge in [-0.25, -0.2) is 0 Å². The predicted molar refractivity (Wildman–Crippen MR) is 66.5 cm³/mol. The molecule has 2 nitrogen and oxygen atoms in total. The summed E-state index contributed by atoms with van der Waals surface area (Å²) in [5.41, 5.74) is -0.407. The molecule has 0 aromatic heterocycles. The van der Waals surface area contributed by atoms with Gasteiger partial charge in [-0.1, -0.05) is 52.4 Å². The van der Waals surface area contributed by atoms with E-state index in [9.17, 15) is 9.90 Å². The molecule has 0 aromatic carbocycles. The van der Waals surface area contributed by atoms with E-state index in [0.29, 0.717) is 5.92 Å². The van der Waals surface area contributed by atoms with Crippen molar-refractivity contribution in [3.05, 3.63) is 0 Å². The quantitative estimate of drug-likeness (QED) is 0.778. The Balaban J connectivity index is 2.71. The van der Waals surface area contributed by atoms with Crippen LogP contribution in [0.15, 0.2) is 0 Å². The van der Waals surface area contributed by atoms with Crippen LogP contribution in [0.5, 0.6) is 0 Å². The molecule has 1 unspecified atom stereocenters. The van der Waals surface area contributed by atoms with E-state index in [4.69, 9.17) is 0 Å². The minimum Gasteiger partial charge on any atom is -0.481 e. The van der Waals surface area contributed by atoms with E-state index in [1.807, 2.05) is 0 Å². The lowest BCUT2D eigenvalue weighted by molar-refractivity contribution is -0.151. The van der Waals surface area contributed by atoms with E-state index >= 15 is 0 Å². The Labute approximate surface area is 99.4 Å². The smallest absolute Gasteiger partial charge is 0.309 e. The monoisotopic (exact) mass is 226 g/mol. The fourth-order valence-corrected chi connectivity index (χ4v) is 2.90. The van der Waals surface area contributed by atoms with Crippen LogP contribution in [-0.4, -0.2) is 11.1 Å². The minimum atomic E-state index is -0.547. The molecular formula is C14H26O2. The molecule has 0 aliphatic heterocycles. The van der Waals surface area contributed by atoms with Crippen LogP contribution < -0.4 is 0 Å². The van der Waals surface area contributed by atoms with E-state index in [1.54, 1.807) is 0 Å². The minimum absolute atomic E-state index is 0.407. The van der Waals surface area contributed by atoms with Crippen molar-refractivity contribution < 1.29 is 9.90 Å². The zero-order valence-corrected chi connectivity index (χ0v) is 10.8. The van der Waals surface area contributed by atoms with Crippen molar-refractivity contribution in [2.24, 2.45) is 11.3 Å². The molecular weight excluding hydrogens is 200 g/mol. The highest BCUT2D eigenvalue weighted by atomic mass is 16.4. The first kappa shape index (κ1) is 13.5. The van der Waals surface area contributed by atoms with Crippen molar-refractivity contribution in [1.82, 2.24) is 0 Å². The Morgan fingerprint density at radius 2 is 1.69 bits per heavy atom. The summed E-state index contributed by atoms with van der Waals surface area (Å²) in [4.78, 5) is 11.6. The summed E-state index contributed by atoms with van der Waals surface area (Å²) in [5, 5.41) is 9.55. The Bertz CT molecular complexity index is 215. The van der Waals surface area contributed by atoms with Crippen molar-refractivity contribution in [2.75, 3.05) is 0 Å². The van der Waals surface area contributed by atoms with Crippen molar-refractivity contribution >= 4 is 5.97 Å². The average molecular weight is 226 g/mol. The van der Waals surface area contributed by atoms with Crippen molar-refractivity contribution in [3.63, 3.8) is 0 Å². The molecule has 0 radical (unpaired) electrons. The van der Waals surface area contributed by atoms with Gasteiger partial charge in [0.2, 0.25) is 0 Å². The third-order valence-electron chi connectivity index (χ3n) is 4.20. The van der Waals surface area contributed by atoms with E-state index < -0.39 is 11.4 Å². The van der Waals surface area contributed by atoms with Crippen molar-refractivity contribution in [3.8, 4) is 0 Å². The highest BCUT2D eigenvalue weighted by molar-refractivity contribution is 5.74. The van der Waals surface area contributed by atoms with Crippen LogP contribution in [0, 0.1) is 11.3 Å².